The van der Waals surface area contributed by atoms with Crippen molar-refractivity contribution < 1.29 is 0 Å². The summed E-state index contributed by atoms with van der Waals surface area (Å²) in [5, 5.41) is 3.63. The van der Waals surface area contributed by atoms with Crippen molar-refractivity contribution in [2.45, 2.75) is 45.6 Å². The molecule has 1 atom stereocenters. The first-order valence-corrected chi connectivity index (χ1v) is 7.29. The molecule has 1 heterocycles. The average molecular weight is 246 g/mol. The van der Waals surface area contributed by atoms with Gasteiger partial charge in [0, 0.05) is 31.4 Å². The number of hydrogen-bond acceptors (Lipinski definition) is 2. The maximum Gasteiger partial charge on any atom is 0.0369 e. The van der Waals surface area contributed by atoms with Crippen LogP contribution in [0.5, 0.6) is 0 Å². The number of benzene rings is 1. The van der Waals surface area contributed by atoms with Gasteiger partial charge in [-0.15, -0.1) is 0 Å². The van der Waals surface area contributed by atoms with E-state index in [4.69, 9.17) is 0 Å². The van der Waals surface area contributed by atoms with Crippen LogP contribution in [-0.2, 0) is 0 Å². The van der Waals surface area contributed by atoms with E-state index in [-0.39, 0.29) is 0 Å². The first-order chi connectivity index (χ1) is 8.70. The Balaban J connectivity index is 2.08. The van der Waals surface area contributed by atoms with Gasteiger partial charge in [0.2, 0.25) is 0 Å². The van der Waals surface area contributed by atoms with Crippen molar-refractivity contribution in [1.82, 2.24) is 5.32 Å². The van der Waals surface area contributed by atoms with Crippen molar-refractivity contribution in [3.05, 3.63) is 29.8 Å². The van der Waals surface area contributed by atoms with Crippen molar-refractivity contribution in [2.75, 3.05) is 24.5 Å². The van der Waals surface area contributed by atoms with Crippen LogP contribution in [0.25, 0.3) is 0 Å². The molecule has 1 aromatic carbocycles. The van der Waals surface area contributed by atoms with Gasteiger partial charge in [0.05, 0.1) is 0 Å². The SMILES string of the molecule is CCC1CCN(c2cccc(C(C)C)c2)CCN1. The van der Waals surface area contributed by atoms with Crippen molar-refractivity contribution in [1.29, 1.82) is 0 Å². The molecule has 1 unspecified atom stereocenters. The second-order valence-corrected chi connectivity index (χ2v) is 5.58. The fourth-order valence-corrected chi connectivity index (χ4v) is 2.62. The minimum Gasteiger partial charge on any atom is -0.370 e. The van der Waals surface area contributed by atoms with Gasteiger partial charge in [-0.05, 0) is 36.5 Å². The molecule has 1 fully saturated rings. The van der Waals surface area contributed by atoms with Crippen molar-refractivity contribution >= 4 is 5.69 Å². The lowest BCUT2D eigenvalue weighted by Crippen LogP contribution is -2.30. The summed E-state index contributed by atoms with van der Waals surface area (Å²) < 4.78 is 0. The van der Waals surface area contributed by atoms with E-state index in [1.807, 2.05) is 0 Å². The zero-order valence-electron chi connectivity index (χ0n) is 11.9. The third-order valence-corrected chi connectivity index (χ3v) is 3.96. The van der Waals surface area contributed by atoms with Crippen LogP contribution >= 0.6 is 0 Å². The quantitative estimate of drug-likeness (QED) is 0.879. The van der Waals surface area contributed by atoms with Gasteiger partial charge in [-0.2, -0.15) is 0 Å². The number of nitrogens with one attached hydrogen (secondary N) is 1. The summed E-state index contributed by atoms with van der Waals surface area (Å²) in [4.78, 5) is 2.52. The van der Waals surface area contributed by atoms with Gasteiger partial charge in [-0.1, -0.05) is 32.9 Å². The maximum absolute atomic E-state index is 3.63. The van der Waals surface area contributed by atoms with E-state index < -0.39 is 0 Å². The van der Waals surface area contributed by atoms with Crippen LogP contribution in [0.2, 0.25) is 0 Å². The molecule has 1 aliphatic rings. The standard InChI is InChI=1S/C16H26N2/c1-4-15-8-10-18(11-9-17-15)16-7-5-6-14(12-16)13(2)3/h5-7,12-13,15,17H,4,8-11H2,1-3H3. The van der Waals surface area contributed by atoms with Gasteiger partial charge < -0.3 is 10.2 Å². The molecular formula is C16H26N2. The van der Waals surface area contributed by atoms with Crippen LogP contribution in [-0.4, -0.2) is 25.7 Å². The normalized spacial score (nSPS) is 21.1. The zero-order chi connectivity index (χ0) is 13.0. The van der Waals surface area contributed by atoms with Crippen LogP contribution in [0, 0.1) is 0 Å². The Labute approximate surface area is 111 Å². The highest BCUT2D eigenvalue weighted by molar-refractivity contribution is 5.49. The smallest absolute Gasteiger partial charge is 0.0369 e. The molecule has 2 rings (SSSR count). The second kappa shape index (κ2) is 6.24. The Hall–Kier alpha value is -1.02. The molecular weight excluding hydrogens is 220 g/mol. The molecule has 2 nitrogen and oxygen atoms in total. The van der Waals surface area contributed by atoms with E-state index in [1.165, 1.54) is 30.6 Å². The number of rotatable bonds is 3. The summed E-state index contributed by atoms with van der Waals surface area (Å²) in [6.07, 6.45) is 2.49. The minimum absolute atomic E-state index is 0.610. The molecule has 1 aromatic rings. The van der Waals surface area contributed by atoms with Crippen LogP contribution in [0.4, 0.5) is 5.69 Å². The highest BCUT2D eigenvalue weighted by atomic mass is 15.2. The monoisotopic (exact) mass is 246 g/mol. The summed E-state index contributed by atoms with van der Waals surface area (Å²) >= 11 is 0. The van der Waals surface area contributed by atoms with E-state index in [1.54, 1.807) is 0 Å². The maximum atomic E-state index is 3.63. The summed E-state index contributed by atoms with van der Waals surface area (Å²) in [6, 6.07) is 9.73. The number of hydrogen-bond donors (Lipinski definition) is 1. The molecule has 1 aliphatic heterocycles. The third-order valence-electron chi connectivity index (χ3n) is 3.96. The van der Waals surface area contributed by atoms with Gasteiger partial charge in [0.15, 0.2) is 0 Å². The molecule has 1 N–H and O–H groups in total. The predicted octanol–water partition coefficient (Wildman–Crippen LogP) is 3.39. The predicted molar refractivity (Wildman–Crippen MR) is 79.4 cm³/mol. The van der Waals surface area contributed by atoms with E-state index in [9.17, 15) is 0 Å². The molecule has 0 bridgehead atoms. The zero-order valence-corrected chi connectivity index (χ0v) is 11.9. The van der Waals surface area contributed by atoms with E-state index in [2.05, 4.69) is 55.3 Å². The molecule has 1 saturated heterocycles. The number of anilines is 1. The van der Waals surface area contributed by atoms with Crippen LogP contribution in [0.1, 0.15) is 45.1 Å². The Morgan fingerprint density at radius 3 is 2.89 bits per heavy atom. The molecule has 0 aliphatic carbocycles. The number of nitrogens with zero attached hydrogens (tertiary/aromatic N) is 1. The lowest BCUT2D eigenvalue weighted by atomic mass is 10.0. The average Bonchev–Trinajstić information content (AvgIpc) is 2.64. The molecule has 100 valence electrons. The van der Waals surface area contributed by atoms with Crippen molar-refractivity contribution in [3.63, 3.8) is 0 Å². The molecule has 0 aromatic heterocycles. The van der Waals surface area contributed by atoms with Crippen molar-refractivity contribution in [3.8, 4) is 0 Å². The molecule has 0 saturated carbocycles. The molecule has 0 radical (unpaired) electrons. The van der Waals surface area contributed by atoms with Crippen LogP contribution < -0.4 is 10.2 Å². The topological polar surface area (TPSA) is 15.3 Å². The van der Waals surface area contributed by atoms with Crippen molar-refractivity contribution in [2.24, 2.45) is 0 Å². The Kier molecular flexibility index (Phi) is 4.65. The Morgan fingerprint density at radius 1 is 1.33 bits per heavy atom. The lowest BCUT2D eigenvalue weighted by molar-refractivity contribution is 0.510. The molecule has 0 spiro atoms. The summed E-state index contributed by atoms with van der Waals surface area (Å²) in [7, 11) is 0. The molecule has 2 heteroatoms. The molecule has 0 amide bonds. The van der Waals surface area contributed by atoms with Crippen LogP contribution in [0.15, 0.2) is 24.3 Å². The fourth-order valence-electron chi connectivity index (χ4n) is 2.62. The summed E-state index contributed by atoms with van der Waals surface area (Å²) in [6.45, 7) is 10.2. The van der Waals surface area contributed by atoms with Gasteiger partial charge in [0.1, 0.15) is 0 Å². The Morgan fingerprint density at radius 2 is 2.17 bits per heavy atom. The summed E-state index contributed by atoms with van der Waals surface area (Å²) in [5.41, 5.74) is 2.83. The highest BCUT2D eigenvalue weighted by Gasteiger charge is 2.15. The Bertz CT molecular complexity index is 373. The fraction of sp³-hybridized carbons (Fsp3) is 0.625. The van der Waals surface area contributed by atoms with Gasteiger partial charge in [0.25, 0.3) is 0 Å². The van der Waals surface area contributed by atoms with Crippen LogP contribution in [0.3, 0.4) is 0 Å². The molecule has 18 heavy (non-hydrogen) atoms. The first-order valence-electron chi connectivity index (χ1n) is 7.29. The van der Waals surface area contributed by atoms with E-state index in [0.29, 0.717) is 12.0 Å². The second-order valence-electron chi connectivity index (χ2n) is 5.58. The van der Waals surface area contributed by atoms with Gasteiger partial charge in [-0.3, -0.25) is 0 Å². The largest absolute Gasteiger partial charge is 0.370 e. The lowest BCUT2D eigenvalue weighted by Gasteiger charge is -2.23. The van der Waals surface area contributed by atoms with E-state index in [0.717, 1.165) is 13.1 Å². The third kappa shape index (κ3) is 3.26. The van der Waals surface area contributed by atoms with Gasteiger partial charge in [-0.25, -0.2) is 0 Å². The first kappa shape index (κ1) is 13.4. The minimum atomic E-state index is 0.610. The van der Waals surface area contributed by atoms with E-state index >= 15 is 0 Å². The van der Waals surface area contributed by atoms with Gasteiger partial charge >= 0.3 is 0 Å². The highest BCUT2D eigenvalue weighted by Crippen LogP contribution is 2.22. The summed E-state index contributed by atoms with van der Waals surface area (Å²) in [5.74, 6) is 0.610.